The standard InChI is InChI=1S/C16H19N3O2/c1-3-16(20)17-15-10-14(11-4-5-11)19(18-15)12-6-8-13(21-2)9-7-12/h6-11H,3-5H2,1-2H3,(H,17,18,20). The summed E-state index contributed by atoms with van der Waals surface area (Å²) in [7, 11) is 1.65. The first kappa shape index (κ1) is 13.7. The summed E-state index contributed by atoms with van der Waals surface area (Å²) in [4.78, 5) is 11.5. The summed E-state index contributed by atoms with van der Waals surface area (Å²) in [5.74, 6) is 1.97. The highest BCUT2D eigenvalue weighted by Gasteiger charge is 2.28. The van der Waals surface area contributed by atoms with Crippen molar-refractivity contribution in [3.63, 3.8) is 0 Å². The zero-order chi connectivity index (χ0) is 14.8. The Kier molecular flexibility index (Phi) is 3.64. The van der Waals surface area contributed by atoms with E-state index in [-0.39, 0.29) is 5.91 Å². The number of nitrogens with zero attached hydrogens (tertiary/aromatic N) is 2. The zero-order valence-electron chi connectivity index (χ0n) is 12.3. The van der Waals surface area contributed by atoms with Gasteiger partial charge >= 0.3 is 0 Å². The van der Waals surface area contributed by atoms with E-state index in [0.717, 1.165) is 17.1 Å². The number of aromatic nitrogens is 2. The van der Waals surface area contributed by atoms with E-state index in [1.807, 2.05) is 41.9 Å². The van der Waals surface area contributed by atoms with Crippen molar-refractivity contribution in [2.75, 3.05) is 12.4 Å². The maximum atomic E-state index is 11.5. The number of carbonyl (C=O) groups is 1. The fourth-order valence-corrected chi connectivity index (χ4v) is 2.29. The number of benzene rings is 1. The van der Waals surface area contributed by atoms with Crippen LogP contribution in [0.4, 0.5) is 5.82 Å². The highest BCUT2D eigenvalue weighted by atomic mass is 16.5. The molecule has 110 valence electrons. The van der Waals surface area contributed by atoms with Gasteiger partial charge in [0.25, 0.3) is 0 Å². The molecule has 0 radical (unpaired) electrons. The Morgan fingerprint density at radius 1 is 1.38 bits per heavy atom. The Morgan fingerprint density at radius 3 is 2.67 bits per heavy atom. The zero-order valence-corrected chi connectivity index (χ0v) is 12.3. The van der Waals surface area contributed by atoms with Crippen LogP contribution in [0.1, 0.15) is 37.8 Å². The van der Waals surface area contributed by atoms with Crippen LogP contribution in [0.25, 0.3) is 5.69 Å². The summed E-state index contributed by atoms with van der Waals surface area (Å²) in [6, 6.07) is 9.76. The third kappa shape index (κ3) is 2.91. The lowest BCUT2D eigenvalue weighted by Gasteiger charge is -2.07. The molecule has 3 rings (SSSR count). The molecule has 5 nitrogen and oxygen atoms in total. The van der Waals surface area contributed by atoms with Gasteiger partial charge in [-0.15, -0.1) is 5.10 Å². The van der Waals surface area contributed by atoms with E-state index in [1.54, 1.807) is 7.11 Å². The molecule has 2 aromatic rings. The maximum Gasteiger partial charge on any atom is 0.225 e. The molecule has 1 N–H and O–H groups in total. The minimum atomic E-state index is -0.0169. The monoisotopic (exact) mass is 285 g/mol. The molecule has 0 aliphatic heterocycles. The Labute approximate surface area is 123 Å². The van der Waals surface area contributed by atoms with Crippen molar-refractivity contribution in [3.8, 4) is 11.4 Å². The second kappa shape index (κ2) is 5.60. The number of carbonyl (C=O) groups excluding carboxylic acids is 1. The molecule has 5 heteroatoms. The molecule has 0 unspecified atom stereocenters. The number of anilines is 1. The molecule has 1 aromatic heterocycles. The van der Waals surface area contributed by atoms with E-state index >= 15 is 0 Å². The molecule has 0 atom stereocenters. The minimum absolute atomic E-state index is 0.0169. The molecule has 1 aliphatic carbocycles. The molecule has 1 amide bonds. The largest absolute Gasteiger partial charge is 0.497 e. The second-order valence-electron chi connectivity index (χ2n) is 5.24. The van der Waals surface area contributed by atoms with Crippen molar-refractivity contribution >= 4 is 11.7 Å². The van der Waals surface area contributed by atoms with Crippen LogP contribution < -0.4 is 10.1 Å². The second-order valence-corrected chi connectivity index (χ2v) is 5.24. The average Bonchev–Trinajstić information content (AvgIpc) is 3.28. The first-order valence-electron chi connectivity index (χ1n) is 7.25. The van der Waals surface area contributed by atoms with Crippen molar-refractivity contribution in [1.82, 2.24) is 9.78 Å². The van der Waals surface area contributed by atoms with Gasteiger partial charge in [0.15, 0.2) is 5.82 Å². The Morgan fingerprint density at radius 2 is 2.10 bits per heavy atom. The molecule has 1 fully saturated rings. The fourth-order valence-electron chi connectivity index (χ4n) is 2.29. The average molecular weight is 285 g/mol. The van der Waals surface area contributed by atoms with E-state index in [9.17, 15) is 4.79 Å². The summed E-state index contributed by atoms with van der Waals surface area (Å²) < 4.78 is 7.10. The summed E-state index contributed by atoms with van der Waals surface area (Å²) in [6.45, 7) is 1.83. The molecule has 1 heterocycles. The smallest absolute Gasteiger partial charge is 0.225 e. The Balaban J connectivity index is 1.93. The van der Waals surface area contributed by atoms with Crippen LogP contribution >= 0.6 is 0 Å². The summed E-state index contributed by atoms with van der Waals surface area (Å²) >= 11 is 0. The van der Waals surface area contributed by atoms with Gasteiger partial charge in [-0.2, -0.15) is 0 Å². The number of amides is 1. The molecule has 21 heavy (non-hydrogen) atoms. The number of methoxy groups -OCH3 is 1. The van der Waals surface area contributed by atoms with Gasteiger partial charge in [0.05, 0.1) is 12.8 Å². The van der Waals surface area contributed by atoms with E-state index < -0.39 is 0 Å². The van der Waals surface area contributed by atoms with Crippen LogP contribution in [0.5, 0.6) is 5.75 Å². The SMILES string of the molecule is CCC(=O)Nc1cc(C2CC2)n(-c2ccc(OC)cc2)n1. The number of nitrogens with one attached hydrogen (secondary N) is 1. The number of rotatable bonds is 5. The molecular formula is C16H19N3O2. The fraction of sp³-hybridized carbons (Fsp3) is 0.375. The molecule has 0 spiro atoms. The first-order valence-corrected chi connectivity index (χ1v) is 7.25. The van der Waals surface area contributed by atoms with Gasteiger partial charge in [-0.3, -0.25) is 4.79 Å². The number of hydrogen-bond acceptors (Lipinski definition) is 3. The van der Waals surface area contributed by atoms with Gasteiger partial charge in [0.2, 0.25) is 5.91 Å². The van der Waals surface area contributed by atoms with Crippen LogP contribution in [-0.2, 0) is 4.79 Å². The van der Waals surface area contributed by atoms with Gasteiger partial charge in [-0.25, -0.2) is 4.68 Å². The molecule has 0 bridgehead atoms. The van der Waals surface area contributed by atoms with Gasteiger partial charge in [0.1, 0.15) is 5.75 Å². The first-order chi connectivity index (χ1) is 10.2. The quantitative estimate of drug-likeness (QED) is 0.918. The van der Waals surface area contributed by atoms with Gasteiger partial charge in [0, 0.05) is 24.1 Å². The van der Waals surface area contributed by atoms with Crippen molar-refractivity contribution < 1.29 is 9.53 Å². The van der Waals surface area contributed by atoms with E-state index in [2.05, 4.69) is 10.4 Å². The maximum absolute atomic E-state index is 11.5. The van der Waals surface area contributed by atoms with Crippen LogP contribution in [0.2, 0.25) is 0 Å². The van der Waals surface area contributed by atoms with Crippen LogP contribution in [0.3, 0.4) is 0 Å². The van der Waals surface area contributed by atoms with Gasteiger partial charge < -0.3 is 10.1 Å². The number of hydrogen-bond donors (Lipinski definition) is 1. The van der Waals surface area contributed by atoms with Crippen molar-refractivity contribution in [2.45, 2.75) is 32.1 Å². The molecule has 1 aliphatic rings. The summed E-state index contributed by atoms with van der Waals surface area (Å²) in [6.07, 6.45) is 2.82. The molecule has 0 saturated heterocycles. The summed E-state index contributed by atoms with van der Waals surface area (Å²) in [5, 5.41) is 7.36. The van der Waals surface area contributed by atoms with Gasteiger partial charge in [-0.05, 0) is 37.1 Å². The van der Waals surface area contributed by atoms with Gasteiger partial charge in [-0.1, -0.05) is 6.92 Å². The Bertz CT molecular complexity index is 642. The van der Waals surface area contributed by atoms with Crippen molar-refractivity contribution in [3.05, 3.63) is 36.0 Å². The lowest BCUT2D eigenvalue weighted by molar-refractivity contribution is -0.115. The predicted octanol–water partition coefficient (Wildman–Crippen LogP) is 3.11. The van der Waals surface area contributed by atoms with Crippen molar-refractivity contribution in [1.29, 1.82) is 0 Å². The predicted molar refractivity (Wildman–Crippen MR) is 81.0 cm³/mol. The van der Waals surface area contributed by atoms with Crippen LogP contribution in [0.15, 0.2) is 30.3 Å². The lowest BCUT2D eigenvalue weighted by Crippen LogP contribution is -2.10. The normalized spacial score (nSPS) is 14.0. The molecular weight excluding hydrogens is 266 g/mol. The number of ether oxygens (including phenoxy) is 1. The minimum Gasteiger partial charge on any atom is -0.497 e. The van der Waals surface area contributed by atoms with E-state index in [0.29, 0.717) is 18.2 Å². The Hall–Kier alpha value is -2.30. The highest BCUT2D eigenvalue weighted by Crippen LogP contribution is 2.41. The van der Waals surface area contributed by atoms with E-state index in [4.69, 9.17) is 4.74 Å². The third-order valence-electron chi connectivity index (χ3n) is 3.64. The summed E-state index contributed by atoms with van der Waals surface area (Å²) in [5.41, 5.74) is 2.14. The third-order valence-corrected chi connectivity index (χ3v) is 3.64. The lowest BCUT2D eigenvalue weighted by atomic mass is 10.2. The van der Waals surface area contributed by atoms with Crippen molar-refractivity contribution in [2.24, 2.45) is 0 Å². The van der Waals surface area contributed by atoms with E-state index in [1.165, 1.54) is 12.8 Å². The molecule has 1 saturated carbocycles. The highest BCUT2D eigenvalue weighted by molar-refractivity contribution is 5.89. The topological polar surface area (TPSA) is 56.2 Å². The molecule has 1 aromatic carbocycles. The van der Waals surface area contributed by atoms with Crippen LogP contribution in [-0.4, -0.2) is 22.8 Å². The van der Waals surface area contributed by atoms with Crippen LogP contribution in [0, 0.1) is 0 Å².